The van der Waals surface area contributed by atoms with Crippen LogP contribution < -0.4 is 10.9 Å². The topological polar surface area (TPSA) is 67.0 Å². The molecular formula is C17H25N3O2. The van der Waals surface area contributed by atoms with Crippen molar-refractivity contribution in [2.45, 2.75) is 39.0 Å². The Morgan fingerprint density at radius 3 is 2.91 bits per heavy atom. The zero-order chi connectivity index (χ0) is 15.8. The Hall–Kier alpha value is -1.88. The highest BCUT2D eigenvalue weighted by Crippen LogP contribution is 2.14. The van der Waals surface area contributed by atoms with Gasteiger partial charge in [0, 0.05) is 20.3 Å². The molecule has 0 aliphatic rings. The molecule has 5 nitrogen and oxygen atoms in total. The number of methoxy groups -OCH3 is 1. The lowest BCUT2D eigenvalue weighted by atomic mass is 10.1. The zero-order valence-electron chi connectivity index (χ0n) is 13.4. The largest absolute Gasteiger partial charge is 0.385 e. The molecule has 1 aromatic carbocycles. The highest BCUT2D eigenvalue weighted by molar-refractivity contribution is 5.79. The summed E-state index contributed by atoms with van der Waals surface area (Å²) in [5.74, 6) is 0.548. The van der Waals surface area contributed by atoms with Crippen LogP contribution in [0, 0.1) is 0 Å². The first kappa shape index (κ1) is 16.5. The highest BCUT2D eigenvalue weighted by Gasteiger charge is 2.05. The van der Waals surface area contributed by atoms with Gasteiger partial charge >= 0.3 is 0 Å². The van der Waals surface area contributed by atoms with Gasteiger partial charge in [-0.2, -0.15) is 0 Å². The fraction of sp³-hybridized carbons (Fsp3) is 0.529. The SMILES string of the molecule is CCCNc1nc2ccc(CCCCCOC)cc2c(=O)[nH]1. The molecule has 1 aromatic heterocycles. The van der Waals surface area contributed by atoms with Crippen LogP contribution in [0.4, 0.5) is 5.95 Å². The van der Waals surface area contributed by atoms with Gasteiger partial charge in [0.25, 0.3) is 5.56 Å². The Morgan fingerprint density at radius 2 is 2.14 bits per heavy atom. The van der Waals surface area contributed by atoms with E-state index in [4.69, 9.17) is 4.74 Å². The molecule has 0 amide bonds. The molecular weight excluding hydrogens is 278 g/mol. The van der Waals surface area contributed by atoms with E-state index in [-0.39, 0.29) is 5.56 Å². The average molecular weight is 303 g/mol. The lowest BCUT2D eigenvalue weighted by molar-refractivity contribution is 0.192. The number of benzene rings is 1. The second kappa shape index (κ2) is 8.54. The van der Waals surface area contributed by atoms with Crippen molar-refractivity contribution in [1.29, 1.82) is 0 Å². The van der Waals surface area contributed by atoms with E-state index in [9.17, 15) is 4.79 Å². The van der Waals surface area contributed by atoms with Gasteiger partial charge in [-0.15, -0.1) is 0 Å². The second-order valence-corrected chi connectivity index (χ2v) is 5.50. The van der Waals surface area contributed by atoms with E-state index in [0.717, 1.165) is 50.8 Å². The number of nitrogens with one attached hydrogen (secondary N) is 2. The molecule has 2 aromatic rings. The molecule has 2 rings (SSSR count). The molecule has 120 valence electrons. The van der Waals surface area contributed by atoms with E-state index in [1.165, 1.54) is 5.56 Å². The minimum atomic E-state index is -0.0789. The number of ether oxygens (including phenoxy) is 1. The maximum atomic E-state index is 12.2. The number of aromatic nitrogens is 2. The summed E-state index contributed by atoms with van der Waals surface area (Å²) >= 11 is 0. The van der Waals surface area contributed by atoms with Gasteiger partial charge in [0.2, 0.25) is 5.95 Å². The summed E-state index contributed by atoms with van der Waals surface area (Å²) in [7, 11) is 1.73. The molecule has 1 heterocycles. The quantitative estimate of drug-likeness (QED) is 0.699. The van der Waals surface area contributed by atoms with Crippen LogP contribution in [0.15, 0.2) is 23.0 Å². The van der Waals surface area contributed by atoms with Gasteiger partial charge in [0.15, 0.2) is 0 Å². The summed E-state index contributed by atoms with van der Waals surface area (Å²) in [6.07, 6.45) is 5.30. The Balaban J connectivity index is 2.07. The van der Waals surface area contributed by atoms with Crippen LogP contribution in [0.2, 0.25) is 0 Å². The van der Waals surface area contributed by atoms with Crippen molar-refractivity contribution in [2.24, 2.45) is 0 Å². The highest BCUT2D eigenvalue weighted by atomic mass is 16.5. The molecule has 0 saturated carbocycles. The minimum Gasteiger partial charge on any atom is -0.385 e. The minimum absolute atomic E-state index is 0.0789. The zero-order valence-corrected chi connectivity index (χ0v) is 13.4. The number of aryl methyl sites for hydroxylation is 1. The van der Waals surface area contributed by atoms with Crippen LogP contribution >= 0.6 is 0 Å². The van der Waals surface area contributed by atoms with Crippen LogP contribution in [-0.4, -0.2) is 30.2 Å². The average Bonchev–Trinajstić information content (AvgIpc) is 2.53. The molecule has 0 saturated heterocycles. The van der Waals surface area contributed by atoms with Crippen LogP contribution in [0.1, 0.15) is 38.2 Å². The Kier molecular flexibility index (Phi) is 6.40. The molecule has 0 radical (unpaired) electrons. The standard InChI is InChI=1S/C17H25N3O2/c1-3-10-18-17-19-15-9-8-13(7-5-4-6-11-22-2)12-14(15)16(21)20-17/h8-9,12H,3-7,10-11H2,1-2H3,(H2,18,19,20,21). The maximum Gasteiger partial charge on any atom is 0.260 e. The smallest absolute Gasteiger partial charge is 0.260 e. The number of unbranched alkanes of at least 4 members (excludes halogenated alkanes) is 2. The molecule has 5 heteroatoms. The molecule has 22 heavy (non-hydrogen) atoms. The number of rotatable bonds is 9. The van der Waals surface area contributed by atoms with Crippen molar-refractivity contribution >= 4 is 16.9 Å². The molecule has 0 spiro atoms. The van der Waals surface area contributed by atoms with E-state index < -0.39 is 0 Å². The fourth-order valence-corrected chi connectivity index (χ4v) is 2.42. The molecule has 0 fully saturated rings. The van der Waals surface area contributed by atoms with E-state index in [1.807, 2.05) is 12.1 Å². The van der Waals surface area contributed by atoms with Gasteiger partial charge in [0.05, 0.1) is 10.9 Å². The van der Waals surface area contributed by atoms with Crippen LogP contribution in [0.5, 0.6) is 0 Å². The van der Waals surface area contributed by atoms with E-state index in [2.05, 4.69) is 28.3 Å². The lowest BCUT2D eigenvalue weighted by Gasteiger charge is -2.06. The lowest BCUT2D eigenvalue weighted by Crippen LogP contribution is -2.13. The van der Waals surface area contributed by atoms with E-state index in [1.54, 1.807) is 7.11 Å². The summed E-state index contributed by atoms with van der Waals surface area (Å²) in [4.78, 5) is 19.4. The summed E-state index contributed by atoms with van der Waals surface area (Å²) in [6.45, 7) is 3.69. The van der Waals surface area contributed by atoms with Gasteiger partial charge in [-0.05, 0) is 43.4 Å². The second-order valence-electron chi connectivity index (χ2n) is 5.50. The van der Waals surface area contributed by atoms with Gasteiger partial charge in [-0.25, -0.2) is 4.98 Å². The number of hydrogen-bond donors (Lipinski definition) is 2. The Bertz CT molecular complexity index is 652. The summed E-state index contributed by atoms with van der Waals surface area (Å²) in [5.41, 5.74) is 1.85. The normalized spacial score (nSPS) is 11.0. The van der Waals surface area contributed by atoms with Gasteiger partial charge in [-0.3, -0.25) is 9.78 Å². The Labute approximate surface area is 131 Å². The first-order chi connectivity index (χ1) is 10.7. The summed E-state index contributed by atoms with van der Waals surface area (Å²) in [6, 6.07) is 5.96. The molecule has 0 unspecified atom stereocenters. The maximum absolute atomic E-state index is 12.2. The van der Waals surface area contributed by atoms with Gasteiger partial charge in [-0.1, -0.05) is 19.4 Å². The van der Waals surface area contributed by atoms with Crippen molar-refractivity contribution < 1.29 is 4.74 Å². The van der Waals surface area contributed by atoms with Gasteiger partial charge < -0.3 is 10.1 Å². The van der Waals surface area contributed by atoms with E-state index in [0.29, 0.717) is 11.3 Å². The third-order valence-corrected chi connectivity index (χ3v) is 3.63. The number of fused-ring (bicyclic) bond motifs is 1. The van der Waals surface area contributed by atoms with Gasteiger partial charge in [0.1, 0.15) is 0 Å². The van der Waals surface area contributed by atoms with Crippen LogP contribution in [-0.2, 0) is 11.2 Å². The summed E-state index contributed by atoms with van der Waals surface area (Å²) < 4.78 is 5.05. The fourth-order valence-electron chi connectivity index (χ4n) is 2.42. The molecule has 0 aliphatic carbocycles. The predicted molar refractivity (Wildman–Crippen MR) is 90.6 cm³/mol. The number of H-pyrrole nitrogens is 1. The number of aromatic amines is 1. The van der Waals surface area contributed by atoms with Crippen molar-refractivity contribution in [3.8, 4) is 0 Å². The van der Waals surface area contributed by atoms with Crippen molar-refractivity contribution in [3.05, 3.63) is 34.1 Å². The number of anilines is 1. The first-order valence-electron chi connectivity index (χ1n) is 8.00. The molecule has 0 atom stereocenters. The van der Waals surface area contributed by atoms with E-state index >= 15 is 0 Å². The molecule has 2 N–H and O–H groups in total. The Morgan fingerprint density at radius 1 is 1.27 bits per heavy atom. The molecule has 0 bridgehead atoms. The first-order valence-corrected chi connectivity index (χ1v) is 8.00. The third-order valence-electron chi connectivity index (χ3n) is 3.63. The summed E-state index contributed by atoms with van der Waals surface area (Å²) in [5, 5.41) is 3.78. The molecule has 0 aliphatic heterocycles. The predicted octanol–water partition coefficient (Wildman–Crippen LogP) is 3.10. The number of nitrogens with zero attached hydrogens (tertiary/aromatic N) is 1. The van der Waals surface area contributed by atoms with Crippen molar-refractivity contribution in [2.75, 3.05) is 25.6 Å². The number of hydrogen-bond acceptors (Lipinski definition) is 4. The monoisotopic (exact) mass is 303 g/mol. The van der Waals surface area contributed by atoms with Crippen LogP contribution in [0.25, 0.3) is 10.9 Å². The third kappa shape index (κ3) is 4.56. The van der Waals surface area contributed by atoms with Crippen LogP contribution in [0.3, 0.4) is 0 Å². The van der Waals surface area contributed by atoms with Crippen molar-refractivity contribution in [3.63, 3.8) is 0 Å². The van der Waals surface area contributed by atoms with Crippen molar-refractivity contribution in [1.82, 2.24) is 9.97 Å².